The lowest BCUT2D eigenvalue weighted by Gasteiger charge is -2.33. The Morgan fingerprint density at radius 3 is 2.95 bits per heavy atom. The normalized spacial score (nSPS) is 18.8. The summed E-state index contributed by atoms with van der Waals surface area (Å²) in [4.78, 5) is 13.8. The van der Waals surface area contributed by atoms with Gasteiger partial charge in [0, 0.05) is 13.2 Å². The maximum atomic E-state index is 12.1. The van der Waals surface area contributed by atoms with E-state index >= 15 is 0 Å². The lowest BCUT2D eigenvalue weighted by atomic mass is 10.1. The van der Waals surface area contributed by atoms with E-state index in [2.05, 4.69) is 0 Å². The van der Waals surface area contributed by atoms with E-state index in [1.165, 1.54) is 0 Å². The minimum Gasteiger partial charge on any atom is -0.372 e. The van der Waals surface area contributed by atoms with Gasteiger partial charge in [0.05, 0.1) is 23.2 Å². The highest BCUT2D eigenvalue weighted by atomic mass is 35.5. The molecular formula is C15H19Cl2NO3. The zero-order valence-electron chi connectivity index (χ0n) is 12.0. The molecule has 1 heterocycles. The standard InChI is InChI=1S/C15H19Cl2NO3/c1-2-6-20-10-15(19)18-5-7-21-14(9-18)11-3-4-12(16)13(17)8-11/h3-4,8,14H,2,5-7,9-10H2,1H3/t14-/m0/s1. The number of ether oxygens (including phenoxy) is 2. The number of nitrogens with zero attached hydrogens (tertiary/aromatic N) is 1. The van der Waals surface area contributed by atoms with E-state index < -0.39 is 0 Å². The van der Waals surface area contributed by atoms with Gasteiger partial charge in [-0.2, -0.15) is 0 Å². The molecule has 1 aromatic carbocycles. The molecule has 0 unspecified atom stereocenters. The molecule has 0 aromatic heterocycles. The summed E-state index contributed by atoms with van der Waals surface area (Å²) in [6.07, 6.45) is 0.728. The third-order valence-corrected chi connectivity index (χ3v) is 4.05. The second kappa shape index (κ2) is 7.99. The summed E-state index contributed by atoms with van der Waals surface area (Å²) >= 11 is 11.9. The van der Waals surface area contributed by atoms with Crippen LogP contribution in [-0.2, 0) is 14.3 Å². The number of hydrogen-bond donors (Lipinski definition) is 0. The first-order valence-corrected chi connectivity index (χ1v) is 7.79. The predicted octanol–water partition coefficient (Wildman–Crippen LogP) is 3.32. The number of amides is 1. The van der Waals surface area contributed by atoms with Gasteiger partial charge in [-0.1, -0.05) is 36.2 Å². The van der Waals surface area contributed by atoms with Crippen LogP contribution in [0.3, 0.4) is 0 Å². The number of benzene rings is 1. The Hall–Kier alpha value is -0.810. The minimum absolute atomic E-state index is 0.00295. The summed E-state index contributed by atoms with van der Waals surface area (Å²) in [6.45, 7) is 4.34. The Morgan fingerprint density at radius 2 is 2.24 bits per heavy atom. The number of carbonyl (C=O) groups excluding carboxylic acids is 1. The number of hydrogen-bond acceptors (Lipinski definition) is 3. The molecule has 4 nitrogen and oxygen atoms in total. The van der Waals surface area contributed by atoms with Crippen LogP contribution in [-0.4, -0.2) is 43.7 Å². The van der Waals surface area contributed by atoms with Crippen molar-refractivity contribution in [2.75, 3.05) is 32.9 Å². The highest BCUT2D eigenvalue weighted by Gasteiger charge is 2.25. The van der Waals surface area contributed by atoms with Crippen molar-refractivity contribution in [2.24, 2.45) is 0 Å². The number of carbonyl (C=O) groups is 1. The molecule has 1 aliphatic heterocycles. The van der Waals surface area contributed by atoms with Gasteiger partial charge in [-0.3, -0.25) is 4.79 Å². The Kier molecular flexibility index (Phi) is 6.30. The molecule has 1 saturated heterocycles. The summed E-state index contributed by atoms with van der Waals surface area (Å²) in [7, 11) is 0. The zero-order chi connectivity index (χ0) is 15.2. The Morgan fingerprint density at radius 1 is 1.43 bits per heavy atom. The third-order valence-electron chi connectivity index (χ3n) is 3.31. The van der Waals surface area contributed by atoms with E-state index in [1.54, 1.807) is 17.0 Å². The fraction of sp³-hybridized carbons (Fsp3) is 0.533. The summed E-state index contributed by atoms with van der Waals surface area (Å²) in [5.41, 5.74) is 0.927. The van der Waals surface area contributed by atoms with Crippen LogP contribution in [0.1, 0.15) is 25.0 Å². The van der Waals surface area contributed by atoms with Crippen LogP contribution in [0, 0.1) is 0 Å². The van der Waals surface area contributed by atoms with E-state index in [-0.39, 0.29) is 18.6 Å². The first kappa shape index (κ1) is 16.6. The molecular weight excluding hydrogens is 313 g/mol. The van der Waals surface area contributed by atoms with Gasteiger partial charge in [0.15, 0.2) is 0 Å². The second-order valence-corrected chi connectivity index (χ2v) is 5.74. The van der Waals surface area contributed by atoms with E-state index in [0.717, 1.165) is 12.0 Å². The highest BCUT2D eigenvalue weighted by molar-refractivity contribution is 6.42. The molecule has 1 atom stereocenters. The molecule has 1 aromatic rings. The largest absolute Gasteiger partial charge is 0.372 e. The summed E-state index contributed by atoms with van der Waals surface area (Å²) in [6, 6.07) is 5.41. The molecule has 1 amide bonds. The van der Waals surface area contributed by atoms with Gasteiger partial charge >= 0.3 is 0 Å². The Labute approximate surface area is 134 Å². The molecule has 6 heteroatoms. The molecule has 0 aliphatic carbocycles. The summed E-state index contributed by atoms with van der Waals surface area (Å²) < 4.78 is 11.0. The van der Waals surface area contributed by atoms with E-state index in [9.17, 15) is 4.79 Å². The Bertz CT molecular complexity index is 496. The van der Waals surface area contributed by atoms with Crippen LogP contribution in [0.4, 0.5) is 0 Å². The second-order valence-electron chi connectivity index (χ2n) is 4.93. The lowest BCUT2D eigenvalue weighted by Crippen LogP contribution is -2.43. The molecule has 2 rings (SSSR count). The monoisotopic (exact) mass is 331 g/mol. The number of halogens is 2. The van der Waals surface area contributed by atoms with Crippen molar-refractivity contribution in [3.63, 3.8) is 0 Å². The first-order valence-electron chi connectivity index (χ1n) is 7.04. The summed E-state index contributed by atoms with van der Waals surface area (Å²) in [5, 5.41) is 1.00. The number of morpholine rings is 1. The minimum atomic E-state index is -0.177. The maximum absolute atomic E-state index is 12.1. The van der Waals surface area contributed by atoms with Crippen LogP contribution in [0.5, 0.6) is 0 Å². The van der Waals surface area contributed by atoms with Crippen molar-refractivity contribution < 1.29 is 14.3 Å². The van der Waals surface area contributed by atoms with Gasteiger partial charge in [0.25, 0.3) is 0 Å². The molecule has 0 bridgehead atoms. The predicted molar refractivity (Wildman–Crippen MR) is 82.8 cm³/mol. The van der Waals surface area contributed by atoms with Crippen molar-refractivity contribution in [2.45, 2.75) is 19.4 Å². The van der Waals surface area contributed by atoms with Crippen molar-refractivity contribution in [1.82, 2.24) is 4.90 Å². The van der Waals surface area contributed by atoms with Crippen molar-refractivity contribution >= 4 is 29.1 Å². The van der Waals surface area contributed by atoms with Crippen LogP contribution < -0.4 is 0 Å². The SMILES string of the molecule is CCCOCC(=O)N1CCO[C@H](c2ccc(Cl)c(Cl)c2)C1. The molecule has 0 spiro atoms. The maximum Gasteiger partial charge on any atom is 0.248 e. The van der Waals surface area contributed by atoms with Gasteiger partial charge in [-0.25, -0.2) is 0 Å². The zero-order valence-corrected chi connectivity index (χ0v) is 13.5. The van der Waals surface area contributed by atoms with Gasteiger partial charge in [-0.05, 0) is 24.1 Å². The fourth-order valence-electron chi connectivity index (χ4n) is 2.19. The van der Waals surface area contributed by atoms with Crippen LogP contribution >= 0.6 is 23.2 Å². The Balaban J connectivity index is 1.96. The first-order chi connectivity index (χ1) is 10.1. The topological polar surface area (TPSA) is 38.8 Å². The highest BCUT2D eigenvalue weighted by Crippen LogP contribution is 2.29. The molecule has 0 N–H and O–H groups in total. The summed E-state index contributed by atoms with van der Waals surface area (Å²) in [5.74, 6) is -0.00295. The van der Waals surface area contributed by atoms with Crippen molar-refractivity contribution in [3.8, 4) is 0 Å². The lowest BCUT2D eigenvalue weighted by molar-refractivity contribution is -0.143. The average molecular weight is 332 g/mol. The van der Waals surface area contributed by atoms with E-state index in [4.69, 9.17) is 32.7 Å². The number of rotatable bonds is 5. The van der Waals surface area contributed by atoms with Gasteiger partial charge < -0.3 is 14.4 Å². The molecule has 21 heavy (non-hydrogen) atoms. The third kappa shape index (κ3) is 4.58. The molecule has 1 aliphatic rings. The quantitative estimate of drug-likeness (QED) is 0.777. The molecule has 116 valence electrons. The van der Waals surface area contributed by atoms with E-state index in [0.29, 0.717) is 36.3 Å². The molecule has 0 radical (unpaired) electrons. The van der Waals surface area contributed by atoms with E-state index in [1.807, 2.05) is 13.0 Å². The fourth-order valence-corrected chi connectivity index (χ4v) is 2.49. The molecule has 1 fully saturated rings. The van der Waals surface area contributed by atoms with Gasteiger partial charge in [0.2, 0.25) is 5.91 Å². The van der Waals surface area contributed by atoms with Crippen molar-refractivity contribution in [3.05, 3.63) is 33.8 Å². The van der Waals surface area contributed by atoms with Gasteiger partial charge in [-0.15, -0.1) is 0 Å². The van der Waals surface area contributed by atoms with Crippen molar-refractivity contribution in [1.29, 1.82) is 0 Å². The average Bonchev–Trinajstić information content (AvgIpc) is 2.50. The smallest absolute Gasteiger partial charge is 0.248 e. The van der Waals surface area contributed by atoms with Gasteiger partial charge in [0.1, 0.15) is 12.7 Å². The van der Waals surface area contributed by atoms with Crippen LogP contribution in [0.15, 0.2) is 18.2 Å². The van der Waals surface area contributed by atoms with Crippen LogP contribution in [0.2, 0.25) is 10.0 Å². The molecule has 0 saturated carbocycles. The van der Waals surface area contributed by atoms with Crippen LogP contribution in [0.25, 0.3) is 0 Å².